The van der Waals surface area contributed by atoms with Crippen molar-refractivity contribution in [1.82, 2.24) is 0 Å². The first-order chi connectivity index (χ1) is 15.1. The Kier molecular flexibility index (Phi) is 6.65. The number of methoxy groups -OCH3 is 1. The van der Waals surface area contributed by atoms with Gasteiger partial charge in [-0.2, -0.15) is 18.4 Å². The first-order valence-corrected chi connectivity index (χ1v) is 11.5. The number of hydrogen-bond donors (Lipinski definition) is 0. The molecule has 0 unspecified atom stereocenters. The minimum Gasteiger partial charge on any atom is -0.497 e. The van der Waals surface area contributed by atoms with E-state index in [1.165, 1.54) is 31.4 Å². The minimum absolute atomic E-state index is 0.0978. The second-order valence-corrected chi connectivity index (χ2v) is 9.91. The van der Waals surface area contributed by atoms with E-state index in [0.29, 0.717) is 43.6 Å². The van der Waals surface area contributed by atoms with Crippen LogP contribution < -0.4 is 4.74 Å². The van der Waals surface area contributed by atoms with E-state index in [1.807, 2.05) is 6.07 Å². The topological polar surface area (TPSA) is 84.2 Å². The van der Waals surface area contributed by atoms with Crippen LogP contribution in [0, 0.1) is 17.2 Å². The summed E-state index contributed by atoms with van der Waals surface area (Å²) in [6, 6.07) is 11.0. The summed E-state index contributed by atoms with van der Waals surface area (Å²) in [7, 11) is -3.07. The molecule has 170 valence electrons. The normalized spacial score (nSPS) is 19.5. The first kappa shape index (κ1) is 23.8. The molecule has 0 heterocycles. The number of carbonyl (C=O) groups is 1. The molecule has 9 heteroatoms. The van der Waals surface area contributed by atoms with Crippen LogP contribution in [-0.4, -0.2) is 21.3 Å². The molecule has 32 heavy (non-hydrogen) atoms. The number of Topliss-reactive ketones (excluding diaryl/α,β-unsaturated/α-hetero) is 1. The van der Waals surface area contributed by atoms with Gasteiger partial charge in [-0.15, -0.1) is 0 Å². The average Bonchev–Trinajstić information content (AvgIpc) is 2.99. The summed E-state index contributed by atoms with van der Waals surface area (Å²) in [5.41, 5.74) is -0.839. The molecule has 2 aromatic rings. The molecule has 1 aliphatic rings. The van der Waals surface area contributed by atoms with Crippen molar-refractivity contribution in [3.63, 3.8) is 0 Å². The summed E-state index contributed by atoms with van der Waals surface area (Å²) >= 11 is 0. The third-order valence-electron chi connectivity index (χ3n) is 5.91. The van der Waals surface area contributed by atoms with Gasteiger partial charge in [0.1, 0.15) is 11.5 Å². The molecule has 0 radical (unpaired) electrons. The van der Waals surface area contributed by atoms with Crippen molar-refractivity contribution >= 4 is 15.6 Å². The molecule has 5 nitrogen and oxygen atoms in total. The molecule has 2 atom stereocenters. The lowest BCUT2D eigenvalue weighted by molar-refractivity contribution is -0.137. The Labute approximate surface area is 184 Å². The lowest BCUT2D eigenvalue weighted by Crippen LogP contribution is -2.42. The highest BCUT2D eigenvalue weighted by Gasteiger charge is 2.53. The molecule has 0 aromatic heterocycles. The van der Waals surface area contributed by atoms with Crippen LogP contribution in [0.5, 0.6) is 5.75 Å². The molecule has 1 aliphatic carbocycles. The highest BCUT2D eigenvalue weighted by Crippen LogP contribution is 2.47. The molecular weight excluding hydrogens is 443 g/mol. The second-order valence-electron chi connectivity index (χ2n) is 7.79. The number of ketones is 1. The van der Waals surface area contributed by atoms with Crippen molar-refractivity contribution in [2.24, 2.45) is 5.92 Å². The maximum absolute atomic E-state index is 13.9. The van der Waals surface area contributed by atoms with Gasteiger partial charge in [0, 0.05) is 18.8 Å². The molecule has 0 amide bonds. The standard InChI is InChI=1S/C23H22F3NO4S/c1-31-20-10-6-16(7-11-20)22(15-27,18-4-2-3-5-19(28)14-18)32(29,30)21-12-8-17(9-13-21)23(24,25)26/h6-13,18H,2-5,14H2,1H3/t18-,22+/m0/s1. The summed E-state index contributed by atoms with van der Waals surface area (Å²) in [6.45, 7) is 0. The van der Waals surface area contributed by atoms with Gasteiger partial charge in [-0.3, -0.25) is 4.79 Å². The molecule has 0 spiro atoms. The zero-order chi connectivity index (χ0) is 23.6. The van der Waals surface area contributed by atoms with Gasteiger partial charge in [0.25, 0.3) is 0 Å². The molecule has 0 N–H and O–H groups in total. The summed E-state index contributed by atoms with van der Waals surface area (Å²) < 4.78 is 69.7. The lowest BCUT2D eigenvalue weighted by Gasteiger charge is -2.34. The van der Waals surface area contributed by atoms with E-state index < -0.39 is 37.1 Å². The first-order valence-electron chi connectivity index (χ1n) is 10.1. The van der Waals surface area contributed by atoms with Crippen molar-refractivity contribution in [2.75, 3.05) is 7.11 Å². The highest BCUT2D eigenvalue weighted by molar-refractivity contribution is 7.92. The van der Waals surface area contributed by atoms with Crippen molar-refractivity contribution in [1.29, 1.82) is 5.26 Å². The number of rotatable bonds is 5. The molecular formula is C23H22F3NO4S. The smallest absolute Gasteiger partial charge is 0.416 e. The molecule has 1 fully saturated rings. The van der Waals surface area contributed by atoms with E-state index in [9.17, 15) is 31.6 Å². The zero-order valence-electron chi connectivity index (χ0n) is 17.4. The van der Waals surface area contributed by atoms with Gasteiger partial charge in [-0.05, 0) is 54.8 Å². The SMILES string of the molecule is COc1ccc([C@](C#N)([C@H]2CCCCC(=O)C2)S(=O)(=O)c2ccc(C(F)(F)F)cc2)cc1. The summed E-state index contributed by atoms with van der Waals surface area (Å²) in [6.07, 6.45) is -2.93. The fourth-order valence-electron chi connectivity index (χ4n) is 4.21. The number of benzene rings is 2. The summed E-state index contributed by atoms with van der Waals surface area (Å²) in [5, 5.41) is 10.3. The number of nitriles is 1. The predicted molar refractivity (Wildman–Crippen MR) is 110 cm³/mol. The summed E-state index contributed by atoms with van der Waals surface area (Å²) in [5.74, 6) is -0.532. The van der Waals surface area contributed by atoms with Gasteiger partial charge in [-0.1, -0.05) is 18.6 Å². The third-order valence-corrected chi connectivity index (χ3v) is 8.31. The quantitative estimate of drug-likeness (QED) is 0.577. The van der Waals surface area contributed by atoms with E-state index >= 15 is 0 Å². The number of nitrogens with zero attached hydrogens (tertiary/aromatic N) is 1. The van der Waals surface area contributed by atoms with Crippen LogP contribution in [0.4, 0.5) is 13.2 Å². The van der Waals surface area contributed by atoms with Crippen LogP contribution in [-0.2, 0) is 25.6 Å². The predicted octanol–water partition coefficient (Wildman–Crippen LogP) is 5.06. The Morgan fingerprint density at radius 3 is 2.12 bits per heavy atom. The fraction of sp³-hybridized carbons (Fsp3) is 0.391. The molecule has 0 aliphatic heterocycles. The number of hydrogen-bond acceptors (Lipinski definition) is 5. The number of sulfone groups is 1. The fourth-order valence-corrected chi connectivity index (χ4v) is 6.29. The van der Waals surface area contributed by atoms with E-state index in [1.54, 1.807) is 0 Å². The van der Waals surface area contributed by atoms with Crippen molar-refractivity contribution in [2.45, 2.75) is 47.9 Å². The van der Waals surface area contributed by atoms with Gasteiger partial charge in [0.2, 0.25) is 9.84 Å². The lowest BCUT2D eigenvalue weighted by atomic mass is 9.81. The van der Waals surface area contributed by atoms with Gasteiger partial charge in [-0.25, -0.2) is 8.42 Å². The van der Waals surface area contributed by atoms with Gasteiger partial charge in [0.15, 0.2) is 4.75 Å². The van der Waals surface area contributed by atoms with Crippen molar-refractivity contribution in [3.8, 4) is 11.8 Å². The molecule has 2 aromatic carbocycles. The molecule has 1 saturated carbocycles. The maximum Gasteiger partial charge on any atom is 0.416 e. The Hall–Kier alpha value is -2.86. The zero-order valence-corrected chi connectivity index (χ0v) is 18.2. The van der Waals surface area contributed by atoms with Crippen LogP contribution in [0.25, 0.3) is 0 Å². The second kappa shape index (κ2) is 8.94. The minimum atomic E-state index is -4.63. The van der Waals surface area contributed by atoms with E-state index in [0.717, 1.165) is 12.1 Å². The Morgan fingerprint density at radius 2 is 1.59 bits per heavy atom. The van der Waals surface area contributed by atoms with Crippen LogP contribution in [0.1, 0.15) is 43.2 Å². The monoisotopic (exact) mass is 465 g/mol. The Morgan fingerprint density at radius 1 is 1.00 bits per heavy atom. The van der Waals surface area contributed by atoms with Crippen LogP contribution in [0.2, 0.25) is 0 Å². The van der Waals surface area contributed by atoms with E-state index in [2.05, 4.69) is 0 Å². The Bertz CT molecular complexity index is 1120. The van der Waals surface area contributed by atoms with E-state index in [4.69, 9.17) is 4.74 Å². The molecule has 3 rings (SSSR count). The molecule has 0 bridgehead atoms. The van der Waals surface area contributed by atoms with Gasteiger partial charge >= 0.3 is 6.18 Å². The van der Waals surface area contributed by atoms with Crippen molar-refractivity contribution < 1.29 is 31.1 Å². The number of halogens is 3. The van der Waals surface area contributed by atoms with Crippen LogP contribution in [0.3, 0.4) is 0 Å². The van der Waals surface area contributed by atoms with Crippen LogP contribution in [0.15, 0.2) is 53.4 Å². The van der Waals surface area contributed by atoms with E-state index in [-0.39, 0.29) is 17.8 Å². The number of ether oxygens (including phenoxy) is 1. The largest absolute Gasteiger partial charge is 0.497 e. The third kappa shape index (κ3) is 4.24. The summed E-state index contributed by atoms with van der Waals surface area (Å²) in [4.78, 5) is 12.0. The van der Waals surface area contributed by atoms with Crippen molar-refractivity contribution in [3.05, 3.63) is 59.7 Å². The van der Waals surface area contributed by atoms with Gasteiger partial charge in [0.05, 0.1) is 23.6 Å². The number of carbonyl (C=O) groups excluding carboxylic acids is 1. The van der Waals surface area contributed by atoms with Crippen LogP contribution >= 0.6 is 0 Å². The Balaban J connectivity index is 2.22. The molecule has 0 saturated heterocycles. The highest BCUT2D eigenvalue weighted by atomic mass is 32.2. The maximum atomic E-state index is 13.9. The van der Waals surface area contributed by atoms with Gasteiger partial charge < -0.3 is 4.74 Å². The average molecular weight is 465 g/mol. The number of alkyl halides is 3.